The molecule has 0 saturated heterocycles. The Hall–Kier alpha value is -0.990. The average molecular weight is 251 g/mol. The summed E-state index contributed by atoms with van der Waals surface area (Å²) in [5.41, 5.74) is 0.824. The third kappa shape index (κ3) is 1.94. The van der Waals surface area contributed by atoms with Crippen LogP contribution in [0.5, 0.6) is 0 Å². The van der Waals surface area contributed by atoms with Gasteiger partial charge in [-0.3, -0.25) is 4.79 Å². The largest absolute Gasteiger partial charge is 0.481 e. The van der Waals surface area contributed by atoms with Crippen LogP contribution in [0.1, 0.15) is 53.4 Å². The van der Waals surface area contributed by atoms with Crippen LogP contribution in [0, 0.1) is 11.3 Å². The van der Waals surface area contributed by atoms with Crippen molar-refractivity contribution >= 4 is 5.97 Å². The summed E-state index contributed by atoms with van der Waals surface area (Å²) >= 11 is 0. The first kappa shape index (κ1) is 13.4. The molecular weight excluding hydrogens is 226 g/mol. The van der Waals surface area contributed by atoms with E-state index < -0.39 is 11.4 Å². The predicted octanol–water partition coefficient (Wildman–Crippen LogP) is 3.26. The lowest BCUT2D eigenvalue weighted by Gasteiger charge is -2.35. The molecule has 0 aromatic heterocycles. The highest BCUT2D eigenvalue weighted by Crippen LogP contribution is 2.47. The molecule has 18 heavy (non-hydrogen) atoms. The van der Waals surface area contributed by atoms with Gasteiger partial charge in [0.05, 0.1) is 5.41 Å². The second-order valence-corrected chi connectivity index (χ2v) is 6.35. The maximum Gasteiger partial charge on any atom is 0.309 e. The van der Waals surface area contributed by atoms with Gasteiger partial charge >= 0.3 is 5.97 Å². The number of hydrogen-bond donors (Lipinski definition) is 1. The first-order chi connectivity index (χ1) is 8.38. The lowest BCUT2D eigenvalue weighted by Crippen LogP contribution is -2.39. The van der Waals surface area contributed by atoms with Crippen molar-refractivity contribution in [3.8, 4) is 0 Å². The highest BCUT2D eigenvalue weighted by Gasteiger charge is 2.49. The third-order valence-corrected chi connectivity index (χ3v) is 5.08. The normalized spacial score (nSPS) is 36.3. The Morgan fingerprint density at radius 2 is 2.22 bits per heavy atom. The summed E-state index contributed by atoms with van der Waals surface area (Å²) in [5.74, 6) is -0.393. The quantitative estimate of drug-likeness (QED) is 0.837. The number of aliphatic carboxylic acids is 1. The van der Waals surface area contributed by atoms with Gasteiger partial charge in [0.2, 0.25) is 0 Å². The van der Waals surface area contributed by atoms with Crippen LogP contribution < -0.4 is 0 Å². The van der Waals surface area contributed by atoms with Crippen molar-refractivity contribution in [2.24, 2.45) is 11.3 Å². The van der Waals surface area contributed by atoms with Crippen LogP contribution in [0.25, 0.3) is 0 Å². The van der Waals surface area contributed by atoms with Crippen LogP contribution in [0.3, 0.4) is 0 Å². The molecule has 2 rings (SSSR count). The molecule has 3 atom stereocenters. The standard InChI is InChI=1S/C15H25NO2/c1-10(2)15(14(17)18)8-7-13(9-15)16-11(3)5-6-12(16)4/h5,10,12-13H,6-9H2,1-4H3,(H,17,18)/t12?,13-,15+/m1/s1. The maximum atomic E-state index is 11.7. The summed E-state index contributed by atoms with van der Waals surface area (Å²) in [6.45, 7) is 8.49. The van der Waals surface area contributed by atoms with Gasteiger partial charge in [0.25, 0.3) is 0 Å². The number of rotatable bonds is 3. The van der Waals surface area contributed by atoms with E-state index >= 15 is 0 Å². The Kier molecular flexibility index (Phi) is 3.43. The zero-order valence-electron chi connectivity index (χ0n) is 11.9. The van der Waals surface area contributed by atoms with E-state index in [2.05, 4.69) is 24.8 Å². The lowest BCUT2D eigenvalue weighted by molar-refractivity contribution is -0.151. The zero-order chi connectivity index (χ0) is 13.5. The Labute approximate surface area is 110 Å². The minimum Gasteiger partial charge on any atom is -0.481 e. The Morgan fingerprint density at radius 3 is 2.61 bits per heavy atom. The molecule has 0 radical (unpaired) electrons. The lowest BCUT2D eigenvalue weighted by atomic mass is 9.75. The number of carbonyl (C=O) groups is 1. The van der Waals surface area contributed by atoms with Crippen molar-refractivity contribution in [1.29, 1.82) is 0 Å². The summed E-state index contributed by atoms with van der Waals surface area (Å²) in [5, 5.41) is 9.59. The van der Waals surface area contributed by atoms with Gasteiger partial charge in [-0.15, -0.1) is 0 Å². The van der Waals surface area contributed by atoms with Crippen LogP contribution in [0.4, 0.5) is 0 Å². The molecular formula is C15H25NO2. The number of nitrogens with zero attached hydrogens (tertiary/aromatic N) is 1. The van der Waals surface area contributed by atoms with Crippen molar-refractivity contribution in [1.82, 2.24) is 4.90 Å². The van der Waals surface area contributed by atoms with Gasteiger partial charge < -0.3 is 10.0 Å². The summed E-state index contributed by atoms with van der Waals surface area (Å²) in [7, 11) is 0. The SMILES string of the molecule is CC1=CCC(C)N1[C@@H]1CC[C@@](C(=O)O)(C(C)C)C1. The molecule has 1 aliphatic heterocycles. The van der Waals surface area contributed by atoms with Crippen molar-refractivity contribution in [3.63, 3.8) is 0 Å². The third-order valence-electron chi connectivity index (χ3n) is 5.08. The molecule has 1 N–H and O–H groups in total. The van der Waals surface area contributed by atoms with Gasteiger partial charge in [-0.05, 0) is 45.4 Å². The molecule has 0 aromatic carbocycles. The number of carboxylic acids is 1. The fourth-order valence-electron chi connectivity index (χ4n) is 3.81. The van der Waals surface area contributed by atoms with Gasteiger partial charge in [0.15, 0.2) is 0 Å². The van der Waals surface area contributed by atoms with Gasteiger partial charge in [0, 0.05) is 17.8 Å². The Morgan fingerprint density at radius 1 is 1.56 bits per heavy atom. The van der Waals surface area contributed by atoms with Crippen molar-refractivity contribution in [2.75, 3.05) is 0 Å². The molecule has 3 nitrogen and oxygen atoms in total. The molecule has 1 aliphatic carbocycles. The minimum absolute atomic E-state index is 0.210. The van der Waals surface area contributed by atoms with E-state index in [0.717, 1.165) is 25.7 Å². The molecule has 0 bridgehead atoms. The van der Waals surface area contributed by atoms with Crippen LogP contribution in [0.15, 0.2) is 11.8 Å². The van der Waals surface area contributed by atoms with E-state index in [1.807, 2.05) is 13.8 Å². The summed E-state index contributed by atoms with van der Waals surface area (Å²) in [6.07, 6.45) is 6.02. The average Bonchev–Trinajstić information content (AvgIpc) is 2.84. The van der Waals surface area contributed by atoms with E-state index in [4.69, 9.17) is 0 Å². The molecule has 1 fully saturated rings. The van der Waals surface area contributed by atoms with Crippen LogP contribution >= 0.6 is 0 Å². The van der Waals surface area contributed by atoms with E-state index in [1.165, 1.54) is 5.70 Å². The molecule has 3 heteroatoms. The second-order valence-electron chi connectivity index (χ2n) is 6.35. The summed E-state index contributed by atoms with van der Waals surface area (Å²) in [6, 6.07) is 0.948. The molecule has 1 heterocycles. The number of allylic oxidation sites excluding steroid dienone is 1. The van der Waals surface area contributed by atoms with Crippen molar-refractivity contribution < 1.29 is 9.90 Å². The second kappa shape index (κ2) is 4.60. The van der Waals surface area contributed by atoms with Crippen LogP contribution in [-0.2, 0) is 4.79 Å². The highest BCUT2D eigenvalue weighted by atomic mass is 16.4. The minimum atomic E-state index is -0.603. The van der Waals surface area contributed by atoms with E-state index in [0.29, 0.717) is 12.1 Å². The van der Waals surface area contributed by atoms with E-state index in [-0.39, 0.29) is 5.92 Å². The molecule has 0 amide bonds. The first-order valence-corrected chi connectivity index (χ1v) is 7.07. The van der Waals surface area contributed by atoms with Gasteiger partial charge in [-0.2, -0.15) is 0 Å². The van der Waals surface area contributed by atoms with Crippen LogP contribution in [0.2, 0.25) is 0 Å². The molecule has 0 spiro atoms. The van der Waals surface area contributed by atoms with E-state index in [9.17, 15) is 9.90 Å². The molecule has 0 aromatic rings. The monoisotopic (exact) mass is 251 g/mol. The zero-order valence-corrected chi connectivity index (χ0v) is 11.9. The van der Waals surface area contributed by atoms with Gasteiger partial charge in [-0.1, -0.05) is 19.9 Å². The van der Waals surface area contributed by atoms with Gasteiger partial charge in [0.1, 0.15) is 0 Å². The predicted molar refractivity (Wildman–Crippen MR) is 72.2 cm³/mol. The fourth-order valence-corrected chi connectivity index (χ4v) is 3.81. The smallest absolute Gasteiger partial charge is 0.309 e. The number of carboxylic acid groups (broad SMARTS) is 1. The maximum absolute atomic E-state index is 11.7. The van der Waals surface area contributed by atoms with E-state index in [1.54, 1.807) is 0 Å². The molecule has 1 unspecified atom stereocenters. The Bertz CT molecular complexity index is 375. The van der Waals surface area contributed by atoms with Gasteiger partial charge in [-0.25, -0.2) is 0 Å². The fraction of sp³-hybridized carbons (Fsp3) is 0.800. The summed E-state index contributed by atoms with van der Waals surface area (Å²) in [4.78, 5) is 14.1. The molecule has 2 aliphatic rings. The molecule has 1 saturated carbocycles. The molecule has 102 valence electrons. The van der Waals surface area contributed by atoms with Crippen molar-refractivity contribution in [2.45, 2.75) is 65.5 Å². The summed E-state index contributed by atoms with van der Waals surface area (Å²) < 4.78 is 0. The van der Waals surface area contributed by atoms with Crippen molar-refractivity contribution in [3.05, 3.63) is 11.8 Å². The first-order valence-electron chi connectivity index (χ1n) is 7.07. The highest BCUT2D eigenvalue weighted by molar-refractivity contribution is 5.75. The Balaban J connectivity index is 2.17. The topological polar surface area (TPSA) is 40.5 Å². The van der Waals surface area contributed by atoms with Crippen LogP contribution in [-0.4, -0.2) is 28.1 Å². The number of hydrogen-bond acceptors (Lipinski definition) is 2.